The Morgan fingerprint density at radius 3 is 2.76 bits per heavy atom. The molecule has 1 aromatic heterocycles. The van der Waals surface area contributed by atoms with E-state index in [4.69, 9.17) is 12.2 Å². The maximum atomic E-state index is 12.2. The van der Waals surface area contributed by atoms with Crippen LogP contribution in [0, 0.1) is 0 Å². The van der Waals surface area contributed by atoms with Crippen molar-refractivity contribution < 1.29 is 4.79 Å². The number of piperazine rings is 1. The van der Waals surface area contributed by atoms with E-state index >= 15 is 0 Å². The third-order valence-corrected chi connectivity index (χ3v) is 6.52. The molecule has 2 aromatic rings. The number of thioether (sulfide) groups is 1. The minimum absolute atomic E-state index is 0.0785. The van der Waals surface area contributed by atoms with E-state index in [0.717, 1.165) is 35.2 Å². The Morgan fingerprint density at radius 1 is 1.28 bits per heavy atom. The largest absolute Gasteiger partial charge is 0.355 e. The standard InChI is InChI=1S/C17H19N3O2S3/c1-19-6-8-20(9-7-19)17(23)24-11-15(22)18-16-10-13(21)12-4-2-3-5-14(12)25-16/h2-5,10H,6-9,11H2,1H3,(H,18,22). The van der Waals surface area contributed by atoms with Gasteiger partial charge in [0.1, 0.15) is 4.32 Å². The summed E-state index contributed by atoms with van der Waals surface area (Å²) in [6.07, 6.45) is 0. The van der Waals surface area contributed by atoms with Crippen LogP contribution in [0.1, 0.15) is 0 Å². The predicted octanol–water partition coefficient (Wildman–Crippen LogP) is 2.47. The zero-order chi connectivity index (χ0) is 17.8. The van der Waals surface area contributed by atoms with Crippen LogP contribution in [0.2, 0.25) is 0 Å². The van der Waals surface area contributed by atoms with E-state index < -0.39 is 0 Å². The van der Waals surface area contributed by atoms with Gasteiger partial charge in [0.25, 0.3) is 0 Å². The number of likely N-dealkylation sites (N-methyl/N-ethyl adjacent to an activating group) is 1. The number of carbonyl (C=O) groups excluding carboxylic acids is 1. The first-order valence-electron chi connectivity index (χ1n) is 7.96. The first-order chi connectivity index (χ1) is 12.0. The van der Waals surface area contributed by atoms with Crippen LogP contribution < -0.4 is 10.7 Å². The summed E-state index contributed by atoms with van der Waals surface area (Å²) in [4.78, 5) is 28.7. The van der Waals surface area contributed by atoms with E-state index in [1.165, 1.54) is 29.2 Å². The Kier molecular flexibility index (Phi) is 6.06. The molecule has 0 aliphatic carbocycles. The lowest BCUT2D eigenvalue weighted by Crippen LogP contribution is -2.46. The van der Waals surface area contributed by atoms with Crippen molar-refractivity contribution in [3.63, 3.8) is 0 Å². The second-order valence-corrected chi connectivity index (χ2v) is 8.56. The highest BCUT2D eigenvalue weighted by Crippen LogP contribution is 2.23. The van der Waals surface area contributed by atoms with Gasteiger partial charge in [-0.1, -0.05) is 36.1 Å². The Balaban J connectivity index is 1.56. The van der Waals surface area contributed by atoms with Gasteiger partial charge in [0, 0.05) is 42.3 Å². The van der Waals surface area contributed by atoms with Crippen molar-refractivity contribution in [2.45, 2.75) is 0 Å². The van der Waals surface area contributed by atoms with Gasteiger partial charge in [-0.3, -0.25) is 9.59 Å². The summed E-state index contributed by atoms with van der Waals surface area (Å²) in [6.45, 7) is 3.77. The van der Waals surface area contributed by atoms with Gasteiger partial charge in [-0.15, -0.1) is 11.3 Å². The number of thiocarbonyl (C=S) groups is 1. The zero-order valence-electron chi connectivity index (χ0n) is 13.9. The molecule has 8 heteroatoms. The van der Waals surface area contributed by atoms with Gasteiger partial charge in [-0.05, 0) is 19.2 Å². The summed E-state index contributed by atoms with van der Waals surface area (Å²) < 4.78 is 1.63. The molecule has 0 saturated carbocycles. The summed E-state index contributed by atoms with van der Waals surface area (Å²) in [5.41, 5.74) is -0.0785. The number of nitrogens with one attached hydrogen (secondary N) is 1. The second kappa shape index (κ2) is 8.27. The van der Waals surface area contributed by atoms with Crippen LogP contribution in [0.4, 0.5) is 5.00 Å². The van der Waals surface area contributed by atoms with E-state index in [0.29, 0.717) is 10.4 Å². The zero-order valence-corrected chi connectivity index (χ0v) is 16.3. The number of carbonyl (C=O) groups is 1. The highest BCUT2D eigenvalue weighted by Gasteiger charge is 2.17. The predicted molar refractivity (Wildman–Crippen MR) is 111 cm³/mol. The molecule has 1 aliphatic heterocycles. The maximum Gasteiger partial charge on any atom is 0.235 e. The van der Waals surface area contributed by atoms with Gasteiger partial charge in [-0.2, -0.15) is 0 Å². The van der Waals surface area contributed by atoms with Crippen LogP contribution >= 0.6 is 35.3 Å². The SMILES string of the molecule is CN1CCN(C(=S)SCC(=O)Nc2cc(=O)c3ccccc3s2)CC1. The molecule has 25 heavy (non-hydrogen) atoms. The number of fused-ring (bicyclic) bond motifs is 1. The summed E-state index contributed by atoms with van der Waals surface area (Å²) >= 11 is 8.20. The van der Waals surface area contributed by atoms with Gasteiger partial charge in [-0.25, -0.2) is 0 Å². The third-order valence-electron chi connectivity index (χ3n) is 3.99. The molecule has 5 nitrogen and oxygen atoms in total. The van der Waals surface area contributed by atoms with Crippen molar-refractivity contribution in [1.82, 2.24) is 9.80 Å². The average molecular weight is 394 g/mol. The topological polar surface area (TPSA) is 52.6 Å². The number of amides is 1. The van der Waals surface area contributed by atoms with Gasteiger partial charge in [0.2, 0.25) is 5.91 Å². The minimum atomic E-state index is -0.146. The summed E-state index contributed by atoms with van der Waals surface area (Å²) in [5, 5.41) is 4.06. The quantitative estimate of drug-likeness (QED) is 0.809. The average Bonchev–Trinajstić information content (AvgIpc) is 2.60. The monoisotopic (exact) mass is 393 g/mol. The Morgan fingerprint density at radius 2 is 2.00 bits per heavy atom. The molecule has 1 aromatic carbocycles. The first kappa shape index (κ1) is 18.3. The Hall–Kier alpha value is -1.48. The van der Waals surface area contributed by atoms with Gasteiger partial charge >= 0.3 is 0 Å². The molecule has 1 amide bonds. The number of rotatable bonds is 3. The summed E-state index contributed by atoms with van der Waals surface area (Å²) in [5.74, 6) is 0.103. The molecule has 1 fully saturated rings. The van der Waals surface area contributed by atoms with Gasteiger partial charge < -0.3 is 15.1 Å². The summed E-state index contributed by atoms with van der Waals surface area (Å²) in [7, 11) is 2.09. The molecule has 3 rings (SSSR count). The number of benzene rings is 1. The number of nitrogens with zero attached hydrogens (tertiary/aromatic N) is 2. The molecule has 0 bridgehead atoms. The fourth-order valence-corrected chi connectivity index (χ4v) is 4.59. The maximum absolute atomic E-state index is 12.2. The van der Waals surface area contributed by atoms with Crippen LogP contribution in [0.5, 0.6) is 0 Å². The molecule has 1 N–H and O–H groups in total. The van der Waals surface area contributed by atoms with E-state index in [9.17, 15) is 9.59 Å². The summed E-state index contributed by atoms with van der Waals surface area (Å²) in [6, 6.07) is 8.88. The van der Waals surface area contributed by atoms with Crippen LogP contribution in [0.15, 0.2) is 35.1 Å². The van der Waals surface area contributed by atoms with Crippen LogP contribution in [0.25, 0.3) is 10.1 Å². The molecule has 1 aliphatic rings. The molecule has 132 valence electrons. The second-order valence-electron chi connectivity index (χ2n) is 5.86. The minimum Gasteiger partial charge on any atom is -0.355 e. The molecule has 0 atom stereocenters. The molecular formula is C17H19N3O2S3. The van der Waals surface area contributed by atoms with Crippen molar-refractivity contribution in [2.24, 2.45) is 0 Å². The van der Waals surface area contributed by atoms with Crippen molar-refractivity contribution in [2.75, 3.05) is 44.3 Å². The lowest BCUT2D eigenvalue weighted by atomic mass is 10.2. The van der Waals surface area contributed by atoms with E-state index in [1.807, 2.05) is 18.2 Å². The third kappa shape index (κ3) is 4.78. The van der Waals surface area contributed by atoms with Crippen molar-refractivity contribution in [3.05, 3.63) is 40.6 Å². The van der Waals surface area contributed by atoms with Crippen molar-refractivity contribution >= 4 is 60.6 Å². The lowest BCUT2D eigenvalue weighted by molar-refractivity contribution is -0.113. The first-order valence-corrected chi connectivity index (χ1v) is 10.2. The molecule has 1 saturated heterocycles. The molecule has 0 unspecified atom stereocenters. The molecule has 2 heterocycles. The lowest BCUT2D eigenvalue weighted by Gasteiger charge is -2.33. The normalized spacial score (nSPS) is 15.3. The van der Waals surface area contributed by atoms with E-state index in [-0.39, 0.29) is 17.1 Å². The highest BCUT2D eigenvalue weighted by atomic mass is 32.2. The number of hydrogen-bond acceptors (Lipinski definition) is 6. The van der Waals surface area contributed by atoms with Crippen LogP contribution in [-0.2, 0) is 4.79 Å². The highest BCUT2D eigenvalue weighted by molar-refractivity contribution is 8.23. The fraction of sp³-hybridized carbons (Fsp3) is 0.353. The Bertz CT molecular complexity index is 844. The smallest absolute Gasteiger partial charge is 0.235 e. The Labute approximate surface area is 160 Å². The number of hydrogen-bond donors (Lipinski definition) is 1. The van der Waals surface area contributed by atoms with Gasteiger partial charge in [0.15, 0.2) is 5.43 Å². The van der Waals surface area contributed by atoms with Crippen molar-refractivity contribution in [1.29, 1.82) is 0 Å². The fourth-order valence-electron chi connectivity index (χ4n) is 2.55. The van der Waals surface area contributed by atoms with E-state index in [1.54, 1.807) is 6.07 Å². The van der Waals surface area contributed by atoms with Crippen LogP contribution in [0.3, 0.4) is 0 Å². The number of anilines is 1. The van der Waals surface area contributed by atoms with E-state index in [2.05, 4.69) is 22.2 Å². The van der Waals surface area contributed by atoms with Crippen molar-refractivity contribution in [3.8, 4) is 0 Å². The molecular weight excluding hydrogens is 374 g/mol. The van der Waals surface area contributed by atoms with Gasteiger partial charge in [0.05, 0.1) is 10.8 Å². The molecule has 0 radical (unpaired) electrons. The van der Waals surface area contributed by atoms with Crippen LogP contribution in [-0.4, -0.2) is 59.0 Å². The molecule has 0 spiro atoms.